The number of rotatable bonds is 5. The van der Waals surface area contributed by atoms with Crippen LogP contribution in [0.4, 0.5) is 0 Å². The summed E-state index contributed by atoms with van der Waals surface area (Å²) in [7, 11) is 4.10. The van der Waals surface area contributed by atoms with Gasteiger partial charge in [-0.15, -0.1) is 0 Å². The Morgan fingerprint density at radius 2 is 2.31 bits per heavy atom. The third-order valence-corrected chi connectivity index (χ3v) is 4.89. The normalized spacial score (nSPS) is 29.1. The Morgan fingerprint density at radius 3 is 3.00 bits per heavy atom. The van der Waals surface area contributed by atoms with Gasteiger partial charge in [-0.3, -0.25) is 4.98 Å². The third-order valence-electron chi connectivity index (χ3n) is 4.89. The summed E-state index contributed by atoms with van der Waals surface area (Å²) in [6, 6.07) is 5.91. The van der Waals surface area contributed by atoms with Gasteiger partial charge < -0.3 is 20.7 Å². The molecule has 1 aliphatic carbocycles. The summed E-state index contributed by atoms with van der Waals surface area (Å²) in [5.41, 5.74) is 6.81. The van der Waals surface area contributed by atoms with E-state index in [9.17, 15) is 0 Å². The number of ether oxygens (including phenoxy) is 1. The molecule has 4 unspecified atom stereocenters. The number of hydrogen-bond donors (Lipinski definition) is 2. The molecule has 0 radical (unpaired) electrons. The highest BCUT2D eigenvalue weighted by Gasteiger charge is 2.42. The summed E-state index contributed by atoms with van der Waals surface area (Å²) < 4.78 is 6.17. The first-order valence-corrected chi connectivity index (χ1v) is 9.10. The number of fused-ring (bicyclic) bond motifs is 1. The maximum atomic E-state index is 6.17. The highest BCUT2D eigenvalue weighted by molar-refractivity contribution is 5.78. The fourth-order valence-corrected chi connectivity index (χ4v) is 3.52. The van der Waals surface area contributed by atoms with Gasteiger partial charge in [-0.2, -0.15) is 0 Å². The van der Waals surface area contributed by atoms with E-state index < -0.39 is 0 Å². The number of nitrogens with two attached hydrogens (primary N) is 1. The van der Waals surface area contributed by atoms with Crippen molar-refractivity contribution in [3.63, 3.8) is 0 Å². The van der Waals surface area contributed by atoms with E-state index in [1.165, 1.54) is 0 Å². The van der Waals surface area contributed by atoms with Crippen LogP contribution in [0, 0.1) is 5.92 Å². The Balaban J connectivity index is 1.64. The van der Waals surface area contributed by atoms with Gasteiger partial charge in [-0.25, -0.2) is 4.99 Å². The van der Waals surface area contributed by atoms with Gasteiger partial charge in [0.25, 0.3) is 0 Å². The van der Waals surface area contributed by atoms with Crippen molar-refractivity contribution in [2.24, 2.45) is 16.6 Å². The highest BCUT2D eigenvalue weighted by Crippen LogP contribution is 2.41. The molecule has 6 nitrogen and oxygen atoms in total. The number of aromatic nitrogens is 1. The number of nitrogens with zero attached hydrogens (tertiary/aromatic N) is 3. The standard InChI is InChI=1S/C20H29N5O/c1-14(18-7-5-6-10-22-18)23-19(21)24-16-8-9-20(2)15(11-16)12-17(26-20)13-25(3)4/h5-10,12,14-16H,11,13H2,1-4H3,(H3,21,23,24). The van der Waals surface area contributed by atoms with Gasteiger partial charge in [-0.1, -0.05) is 12.1 Å². The predicted molar refractivity (Wildman–Crippen MR) is 105 cm³/mol. The van der Waals surface area contributed by atoms with Gasteiger partial charge in [0.1, 0.15) is 11.4 Å². The lowest BCUT2D eigenvalue weighted by molar-refractivity contribution is 0.0394. The summed E-state index contributed by atoms with van der Waals surface area (Å²) in [6.07, 6.45) is 9.15. The molecule has 0 bridgehead atoms. The van der Waals surface area contributed by atoms with Gasteiger partial charge in [0.15, 0.2) is 5.96 Å². The van der Waals surface area contributed by atoms with E-state index in [4.69, 9.17) is 10.5 Å². The van der Waals surface area contributed by atoms with Crippen molar-refractivity contribution >= 4 is 5.96 Å². The van der Waals surface area contributed by atoms with Gasteiger partial charge in [0.05, 0.1) is 24.3 Å². The van der Waals surface area contributed by atoms with Crippen molar-refractivity contribution < 1.29 is 4.74 Å². The first-order valence-electron chi connectivity index (χ1n) is 9.10. The average molecular weight is 355 g/mol. The van der Waals surface area contributed by atoms with Crippen molar-refractivity contribution in [1.82, 2.24) is 15.2 Å². The second kappa shape index (κ2) is 7.50. The average Bonchev–Trinajstić information content (AvgIpc) is 2.90. The Labute approximate surface area is 155 Å². The molecular formula is C20H29N5O. The lowest BCUT2D eigenvalue weighted by atomic mass is 9.80. The molecular weight excluding hydrogens is 326 g/mol. The maximum Gasteiger partial charge on any atom is 0.189 e. The van der Waals surface area contributed by atoms with Gasteiger partial charge in [0.2, 0.25) is 0 Å². The molecule has 0 saturated carbocycles. The number of hydrogen-bond acceptors (Lipinski definition) is 4. The number of likely N-dealkylation sites (N-methyl/N-ethyl adjacent to an activating group) is 1. The molecule has 0 saturated heterocycles. The Morgan fingerprint density at radius 1 is 1.50 bits per heavy atom. The quantitative estimate of drug-likeness (QED) is 0.481. The molecule has 0 aromatic carbocycles. The van der Waals surface area contributed by atoms with E-state index in [0.29, 0.717) is 11.9 Å². The van der Waals surface area contributed by atoms with Crippen LogP contribution in [-0.2, 0) is 4.74 Å². The molecule has 0 amide bonds. The van der Waals surface area contributed by atoms with E-state index in [1.54, 1.807) is 6.20 Å². The van der Waals surface area contributed by atoms with Crippen molar-refractivity contribution in [1.29, 1.82) is 0 Å². The molecule has 2 aliphatic rings. The van der Waals surface area contributed by atoms with E-state index in [2.05, 4.69) is 45.3 Å². The lowest BCUT2D eigenvalue weighted by Gasteiger charge is -2.33. The highest BCUT2D eigenvalue weighted by atomic mass is 16.5. The van der Waals surface area contributed by atoms with Gasteiger partial charge in [-0.05, 0) is 58.6 Å². The van der Waals surface area contributed by atoms with Crippen molar-refractivity contribution in [2.45, 2.75) is 38.0 Å². The van der Waals surface area contributed by atoms with Crippen LogP contribution in [-0.4, -0.2) is 48.1 Å². The zero-order valence-corrected chi connectivity index (χ0v) is 16.0. The Hall–Kier alpha value is -2.34. The molecule has 6 heteroatoms. The number of pyridine rings is 1. The molecule has 0 fully saturated rings. The molecule has 1 aromatic rings. The third kappa shape index (κ3) is 4.25. The Kier molecular flexibility index (Phi) is 5.32. The van der Waals surface area contributed by atoms with Crippen LogP contribution in [0.5, 0.6) is 0 Å². The zero-order chi connectivity index (χ0) is 18.7. The molecule has 0 spiro atoms. The van der Waals surface area contributed by atoms with Crippen LogP contribution in [0.3, 0.4) is 0 Å². The maximum absolute atomic E-state index is 6.17. The second-order valence-electron chi connectivity index (χ2n) is 7.56. The second-order valence-corrected chi connectivity index (χ2v) is 7.56. The minimum atomic E-state index is -0.263. The van der Waals surface area contributed by atoms with Gasteiger partial charge >= 0.3 is 0 Å². The molecule has 3 N–H and O–H groups in total. The fraction of sp³-hybridized carbons (Fsp3) is 0.500. The van der Waals surface area contributed by atoms with Crippen LogP contribution < -0.4 is 11.1 Å². The Bertz CT molecular complexity index is 712. The molecule has 4 atom stereocenters. The van der Waals surface area contributed by atoms with E-state index in [0.717, 1.165) is 24.4 Å². The zero-order valence-electron chi connectivity index (χ0n) is 16.0. The number of aliphatic imine (C=N–C) groups is 1. The first-order chi connectivity index (χ1) is 12.4. The van der Waals surface area contributed by atoms with Crippen LogP contribution in [0.1, 0.15) is 32.0 Å². The van der Waals surface area contributed by atoms with Crippen LogP contribution in [0.15, 0.2) is 53.4 Å². The molecule has 2 heterocycles. The van der Waals surface area contributed by atoms with Crippen LogP contribution >= 0.6 is 0 Å². The number of guanidine groups is 1. The smallest absolute Gasteiger partial charge is 0.189 e. The molecule has 3 rings (SSSR count). The van der Waals surface area contributed by atoms with Gasteiger partial charge in [0, 0.05) is 12.1 Å². The lowest BCUT2D eigenvalue weighted by Crippen LogP contribution is -2.38. The largest absolute Gasteiger partial charge is 0.486 e. The SMILES string of the molecule is CC(NC(N)=NC1C=CC2(C)OC(CN(C)C)=CC2C1)c1ccccn1. The van der Waals surface area contributed by atoms with E-state index in [-0.39, 0.29) is 17.7 Å². The van der Waals surface area contributed by atoms with E-state index >= 15 is 0 Å². The fourth-order valence-electron chi connectivity index (χ4n) is 3.52. The van der Waals surface area contributed by atoms with Crippen molar-refractivity contribution in [3.05, 3.63) is 54.1 Å². The molecule has 1 aliphatic heterocycles. The summed E-state index contributed by atoms with van der Waals surface area (Å²) in [5, 5.41) is 3.23. The molecule has 26 heavy (non-hydrogen) atoms. The minimum Gasteiger partial charge on any atom is -0.486 e. The molecule has 1 aromatic heterocycles. The first kappa shape index (κ1) is 18.5. The minimum absolute atomic E-state index is 0.0131. The van der Waals surface area contributed by atoms with Crippen molar-refractivity contribution in [2.75, 3.05) is 20.6 Å². The van der Waals surface area contributed by atoms with E-state index in [1.807, 2.05) is 39.2 Å². The summed E-state index contributed by atoms with van der Waals surface area (Å²) >= 11 is 0. The van der Waals surface area contributed by atoms with Crippen molar-refractivity contribution in [3.8, 4) is 0 Å². The predicted octanol–water partition coefficient (Wildman–Crippen LogP) is 2.23. The molecule has 140 valence electrons. The summed E-state index contributed by atoms with van der Waals surface area (Å²) in [5.74, 6) is 1.79. The summed E-state index contributed by atoms with van der Waals surface area (Å²) in [4.78, 5) is 11.1. The topological polar surface area (TPSA) is 75.8 Å². The van der Waals surface area contributed by atoms with Crippen LogP contribution in [0.25, 0.3) is 0 Å². The summed E-state index contributed by atoms with van der Waals surface area (Å²) in [6.45, 7) is 4.98. The monoisotopic (exact) mass is 355 g/mol. The van der Waals surface area contributed by atoms with Crippen LogP contribution in [0.2, 0.25) is 0 Å². The number of nitrogens with one attached hydrogen (secondary N) is 1.